The summed E-state index contributed by atoms with van der Waals surface area (Å²) in [4.78, 5) is 23.7. The highest BCUT2D eigenvalue weighted by molar-refractivity contribution is 5.97. The highest BCUT2D eigenvalue weighted by Crippen LogP contribution is 2.42. The van der Waals surface area contributed by atoms with Crippen LogP contribution >= 0.6 is 0 Å². The van der Waals surface area contributed by atoms with Gasteiger partial charge in [-0.15, -0.1) is 6.42 Å². The number of terminal acetylenes is 1. The van der Waals surface area contributed by atoms with Gasteiger partial charge in [-0.25, -0.2) is 4.98 Å². The third-order valence-electron chi connectivity index (χ3n) is 7.69. The summed E-state index contributed by atoms with van der Waals surface area (Å²) in [7, 11) is 1.68. The summed E-state index contributed by atoms with van der Waals surface area (Å²) < 4.78 is 5.26. The zero-order valence-corrected chi connectivity index (χ0v) is 20.6. The van der Waals surface area contributed by atoms with E-state index in [1.807, 2.05) is 23.2 Å². The number of imidazole rings is 1. The van der Waals surface area contributed by atoms with Gasteiger partial charge in [0.1, 0.15) is 5.82 Å². The average Bonchev–Trinajstić information content (AvgIpc) is 3.31. The maximum atomic E-state index is 13.7. The zero-order chi connectivity index (χ0) is 24.4. The number of hydrogen-bond acceptors (Lipinski definition) is 3. The van der Waals surface area contributed by atoms with Crippen LogP contribution in [0.25, 0.3) is 11.4 Å². The fraction of sp³-hybridized carbons (Fsp3) is 0.400. The summed E-state index contributed by atoms with van der Waals surface area (Å²) in [5.74, 6) is 4.63. The van der Waals surface area contributed by atoms with Crippen molar-refractivity contribution < 1.29 is 9.53 Å². The van der Waals surface area contributed by atoms with Gasteiger partial charge < -0.3 is 14.6 Å². The highest BCUT2D eigenvalue weighted by Gasteiger charge is 2.29. The summed E-state index contributed by atoms with van der Waals surface area (Å²) in [6.45, 7) is 4.08. The fourth-order valence-corrected chi connectivity index (χ4v) is 5.39. The molecule has 2 fully saturated rings. The van der Waals surface area contributed by atoms with E-state index in [9.17, 15) is 4.79 Å². The molecule has 2 aromatic carbocycles. The SMILES string of the molecule is C#Cc1ccc(C2CCN(C(=O)c3cc(-c4ncc(COC)[nH]4)c(C4CCC4)cc3C)CC2)cc1. The van der Waals surface area contributed by atoms with Crippen LogP contribution in [0.2, 0.25) is 0 Å². The third-order valence-corrected chi connectivity index (χ3v) is 7.69. The molecular weight excluding hydrogens is 434 g/mol. The van der Waals surface area contributed by atoms with Crippen LogP contribution in [0.1, 0.15) is 82.2 Å². The zero-order valence-electron chi connectivity index (χ0n) is 20.6. The van der Waals surface area contributed by atoms with Gasteiger partial charge in [0.15, 0.2) is 0 Å². The minimum absolute atomic E-state index is 0.119. The van der Waals surface area contributed by atoms with Crippen molar-refractivity contribution in [3.8, 4) is 23.7 Å². The van der Waals surface area contributed by atoms with Gasteiger partial charge >= 0.3 is 0 Å². The molecule has 5 heteroatoms. The molecule has 35 heavy (non-hydrogen) atoms. The number of piperidine rings is 1. The van der Waals surface area contributed by atoms with Crippen molar-refractivity contribution in [2.45, 2.75) is 57.5 Å². The summed E-state index contributed by atoms with van der Waals surface area (Å²) in [5, 5.41) is 0. The molecule has 0 radical (unpaired) electrons. The van der Waals surface area contributed by atoms with E-state index >= 15 is 0 Å². The summed E-state index contributed by atoms with van der Waals surface area (Å²) in [5.41, 5.74) is 7.34. The Hall–Kier alpha value is -3.36. The molecule has 1 N–H and O–H groups in total. The predicted molar refractivity (Wildman–Crippen MR) is 138 cm³/mol. The number of amides is 1. The summed E-state index contributed by atoms with van der Waals surface area (Å²) in [6.07, 6.45) is 12.9. The average molecular weight is 468 g/mol. The molecule has 5 rings (SSSR count). The Kier molecular flexibility index (Phi) is 6.74. The second kappa shape index (κ2) is 10.1. The van der Waals surface area contributed by atoms with Crippen molar-refractivity contribution >= 4 is 5.91 Å². The monoisotopic (exact) mass is 467 g/mol. The van der Waals surface area contributed by atoms with E-state index in [1.165, 1.54) is 30.4 Å². The topological polar surface area (TPSA) is 58.2 Å². The van der Waals surface area contributed by atoms with E-state index in [0.717, 1.165) is 59.7 Å². The minimum Gasteiger partial charge on any atom is -0.378 e. The predicted octanol–water partition coefficient (Wildman–Crippen LogP) is 5.80. The van der Waals surface area contributed by atoms with Crippen molar-refractivity contribution in [2.75, 3.05) is 20.2 Å². The second-order valence-electron chi connectivity index (χ2n) is 9.91. The number of hydrogen-bond donors (Lipinski definition) is 1. The number of nitrogens with zero attached hydrogens (tertiary/aromatic N) is 2. The Labute approximate surface area is 207 Å². The molecule has 1 saturated carbocycles. The van der Waals surface area contributed by atoms with Crippen LogP contribution < -0.4 is 0 Å². The van der Waals surface area contributed by atoms with Gasteiger partial charge in [0.05, 0.1) is 18.5 Å². The summed E-state index contributed by atoms with van der Waals surface area (Å²) in [6, 6.07) is 12.6. The highest BCUT2D eigenvalue weighted by atomic mass is 16.5. The second-order valence-corrected chi connectivity index (χ2v) is 9.91. The first kappa shape index (κ1) is 23.4. The van der Waals surface area contributed by atoms with Gasteiger partial charge in [-0.05, 0) is 79.3 Å². The molecule has 0 unspecified atom stereocenters. The molecule has 0 bridgehead atoms. The smallest absolute Gasteiger partial charge is 0.254 e. The molecule has 1 aromatic heterocycles. The van der Waals surface area contributed by atoms with Crippen molar-refractivity contribution in [1.82, 2.24) is 14.9 Å². The van der Waals surface area contributed by atoms with Crippen LogP contribution in [-0.2, 0) is 11.3 Å². The molecule has 180 valence electrons. The lowest BCUT2D eigenvalue weighted by Crippen LogP contribution is -2.38. The van der Waals surface area contributed by atoms with Crippen molar-refractivity contribution in [1.29, 1.82) is 0 Å². The molecule has 5 nitrogen and oxygen atoms in total. The number of carbonyl (C=O) groups excluding carboxylic acids is 1. The molecule has 3 aromatic rings. The van der Waals surface area contributed by atoms with Gasteiger partial charge in [-0.3, -0.25) is 4.79 Å². The lowest BCUT2D eigenvalue weighted by atomic mass is 9.77. The van der Waals surface area contributed by atoms with Gasteiger partial charge in [-0.1, -0.05) is 30.5 Å². The van der Waals surface area contributed by atoms with E-state index in [4.69, 9.17) is 11.2 Å². The maximum Gasteiger partial charge on any atom is 0.254 e. The molecule has 2 aliphatic rings. The van der Waals surface area contributed by atoms with Crippen LogP contribution in [0.3, 0.4) is 0 Å². The van der Waals surface area contributed by atoms with E-state index in [1.54, 1.807) is 7.11 Å². The summed E-state index contributed by atoms with van der Waals surface area (Å²) >= 11 is 0. The number of aromatic nitrogens is 2. The Balaban J connectivity index is 1.37. The first-order valence-corrected chi connectivity index (χ1v) is 12.6. The minimum atomic E-state index is 0.119. The fourth-order valence-electron chi connectivity index (χ4n) is 5.39. The van der Waals surface area contributed by atoms with Crippen LogP contribution in [0.15, 0.2) is 42.6 Å². The Bertz CT molecular complexity index is 1240. The quantitative estimate of drug-likeness (QED) is 0.466. The van der Waals surface area contributed by atoms with E-state index in [0.29, 0.717) is 18.4 Å². The van der Waals surface area contributed by atoms with E-state index in [2.05, 4.69) is 47.1 Å². The van der Waals surface area contributed by atoms with Crippen LogP contribution in [0.5, 0.6) is 0 Å². The first-order chi connectivity index (χ1) is 17.1. The largest absolute Gasteiger partial charge is 0.378 e. The Morgan fingerprint density at radius 1 is 1.14 bits per heavy atom. The number of aryl methyl sites for hydroxylation is 1. The molecule has 0 spiro atoms. The van der Waals surface area contributed by atoms with Crippen molar-refractivity contribution in [3.63, 3.8) is 0 Å². The van der Waals surface area contributed by atoms with Crippen LogP contribution in [-0.4, -0.2) is 41.0 Å². The number of rotatable bonds is 6. The normalized spacial score (nSPS) is 16.7. The first-order valence-electron chi connectivity index (χ1n) is 12.6. The van der Waals surface area contributed by atoms with Gasteiger partial charge in [0.25, 0.3) is 5.91 Å². The van der Waals surface area contributed by atoms with Gasteiger partial charge in [-0.2, -0.15) is 0 Å². The number of benzene rings is 2. The number of methoxy groups -OCH3 is 1. The number of carbonyl (C=O) groups is 1. The number of aromatic amines is 1. The molecule has 0 atom stereocenters. The lowest BCUT2D eigenvalue weighted by Gasteiger charge is -2.33. The standard InChI is InChI=1S/C30H33N3O2/c1-4-21-8-10-22(11-9-21)23-12-14-33(15-13-23)30(34)26-17-28(29-31-18-25(32-29)19-35-3)27(16-20(26)2)24-6-5-7-24/h1,8-11,16-18,23-24H,5-7,12-15,19H2,2-3H3,(H,31,32). The molecule has 1 amide bonds. The Morgan fingerprint density at radius 3 is 2.51 bits per heavy atom. The number of ether oxygens (including phenoxy) is 1. The third kappa shape index (κ3) is 4.76. The molecule has 1 aliphatic carbocycles. The number of nitrogens with one attached hydrogen (secondary N) is 1. The van der Waals surface area contributed by atoms with Crippen LogP contribution in [0.4, 0.5) is 0 Å². The number of likely N-dealkylation sites (tertiary alicyclic amines) is 1. The van der Waals surface area contributed by atoms with Crippen molar-refractivity contribution in [2.24, 2.45) is 0 Å². The maximum absolute atomic E-state index is 13.7. The molecular formula is C30H33N3O2. The molecule has 1 aliphatic heterocycles. The van der Waals surface area contributed by atoms with E-state index < -0.39 is 0 Å². The van der Waals surface area contributed by atoms with Crippen molar-refractivity contribution in [3.05, 3.63) is 76.1 Å². The van der Waals surface area contributed by atoms with Crippen LogP contribution in [0, 0.1) is 19.3 Å². The van der Waals surface area contributed by atoms with E-state index in [-0.39, 0.29) is 5.91 Å². The Morgan fingerprint density at radius 2 is 1.89 bits per heavy atom. The lowest BCUT2D eigenvalue weighted by molar-refractivity contribution is 0.0712. The molecule has 1 saturated heterocycles. The molecule has 2 heterocycles. The van der Waals surface area contributed by atoms with Gasteiger partial charge in [0.2, 0.25) is 0 Å². The van der Waals surface area contributed by atoms with Gasteiger partial charge in [0, 0.05) is 36.9 Å². The number of H-pyrrole nitrogens is 1.